The van der Waals surface area contributed by atoms with Gasteiger partial charge in [-0.05, 0) is 73.3 Å². The van der Waals surface area contributed by atoms with Crippen LogP contribution in [0.1, 0.15) is 87.7 Å². The van der Waals surface area contributed by atoms with Gasteiger partial charge in [-0.15, -0.1) is 0 Å². The van der Waals surface area contributed by atoms with Crippen molar-refractivity contribution < 1.29 is 24.2 Å². The number of nitrogens with one attached hydrogen (secondary N) is 1. The van der Waals surface area contributed by atoms with Crippen LogP contribution in [0.5, 0.6) is 5.75 Å². The highest BCUT2D eigenvalue weighted by atomic mass is 16.5. The van der Waals surface area contributed by atoms with Crippen molar-refractivity contribution in [2.75, 3.05) is 27.2 Å². The van der Waals surface area contributed by atoms with E-state index in [1.54, 1.807) is 24.5 Å². The minimum Gasteiger partial charge on any atom is -0.494 e. The molecule has 10 nitrogen and oxygen atoms in total. The molecule has 3 atom stereocenters. The number of ether oxygens (including phenoxy) is 1. The summed E-state index contributed by atoms with van der Waals surface area (Å²) >= 11 is 0. The summed E-state index contributed by atoms with van der Waals surface area (Å²) in [4.78, 5) is 52.5. The number of unbranched alkanes of at least 4 members (excludes halogenated alkanes) is 4. The number of amides is 2. The number of carbonyl (C=O) groups is 3. The molecule has 0 aliphatic carbocycles. The topological polar surface area (TPSA) is 125 Å². The molecule has 1 saturated heterocycles. The maximum absolute atomic E-state index is 14.1. The predicted octanol–water partition coefficient (Wildman–Crippen LogP) is 7.41. The molecule has 3 aromatic carbocycles. The molecule has 1 aliphatic heterocycles. The van der Waals surface area contributed by atoms with Gasteiger partial charge in [0.25, 0.3) is 5.91 Å². The maximum Gasteiger partial charge on any atom is 0.326 e. The van der Waals surface area contributed by atoms with Crippen LogP contribution in [0.25, 0.3) is 22.5 Å². The molecule has 0 spiro atoms. The van der Waals surface area contributed by atoms with E-state index in [9.17, 15) is 19.5 Å². The van der Waals surface area contributed by atoms with Gasteiger partial charge in [0.15, 0.2) is 5.82 Å². The number of rotatable bonds is 16. The van der Waals surface area contributed by atoms with E-state index in [0.29, 0.717) is 17.8 Å². The summed E-state index contributed by atoms with van der Waals surface area (Å²) < 4.78 is 5.91. The second-order valence-corrected chi connectivity index (χ2v) is 15.5. The van der Waals surface area contributed by atoms with Gasteiger partial charge in [-0.2, -0.15) is 0 Å². The molecule has 54 heavy (non-hydrogen) atoms. The third-order valence-electron chi connectivity index (χ3n) is 10.2. The van der Waals surface area contributed by atoms with Gasteiger partial charge in [-0.1, -0.05) is 102 Å². The summed E-state index contributed by atoms with van der Waals surface area (Å²) in [6, 6.07) is 20.8. The van der Waals surface area contributed by atoms with Crippen LogP contribution in [0.2, 0.25) is 0 Å². The Balaban J connectivity index is 1.28. The van der Waals surface area contributed by atoms with Crippen LogP contribution in [0.15, 0.2) is 85.2 Å². The van der Waals surface area contributed by atoms with E-state index in [1.807, 2.05) is 79.7 Å². The van der Waals surface area contributed by atoms with Crippen LogP contribution < -0.4 is 10.1 Å². The van der Waals surface area contributed by atoms with Crippen molar-refractivity contribution in [1.29, 1.82) is 0 Å². The fourth-order valence-electron chi connectivity index (χ4n) is 6.72. The van der Waals surface area contributed by atoms with Crippen LogP contribution in [-0.4, -0.2) is 88.0 Å². The fraction of sp³-hybridized carbons (Fsp3) is 0.432. The number of carboxylic acid groups (broad SMARTS) is 1. The number of carbonyl (C=O) groups excluding carboxylic acids is 2. The molecule has 2 amide bonds. The largest absolute Gasteiger partial charge is 0.494 e. The van der Waals surface area contributed by atoms with E-state index in [-0.39, 0.29) is 24.4 Å². The summed E-state index contributed by atoms with van der Waals surface area (Å²) in [7, 11) is 3.75. The third-order valence-corrected chi connectivity index (χ3v) is 10.2. The number of hydrogen-bond acceptors (Lipinski definition) is 7. The molecule has 5 rings (SSSR count). The molecule has 0 saturated carbocycles. The lowest BCUT2D eigenvalue weighted by molar-refractivity contribution is -0.148. The molecule has 2 heterocycles. The zero-order valence-electron chi connectivity index (χ0n) is 32.5. The maximum atomic E-state index is 14.1. The van der Waals surface area contributed by atoms with Crippen molar-refractivity contribution in [1.82, 2.24) is 25.1 Å². The number of benzene rings is 3. The van der Waals surface area contributed by atoms with Crippen LogP contribution in [0.3, 0.4) is 0 Å². The summed E-state index contributed by atoms with van der Waals surface area (Å²) in [5, 5.41) is 13.0. The molecule has 1 aromatic heterocycles. The number of hydrogen-bond donors (Lipinski definition) is 2. The van der Waals surface area contributed by atoms with Crippen molar-refractivity contribution in [3.05, 3.63) is 102 Å². The van der Waals surface area contributed by atoms with Crippen molar-refractivity contribution in [2.24, 2.45) is 0 Å². The summed E-state index contributed by atoms with van der Waals surface area (Å²) in [6.45, 7) is 9.51. The van der Waals surface area contributed by atoms with Gasteiger partial charge in [-0.3, -0.25) is 9.59 Å². The number of nitrogens with zero attached hydrogens (tertiary/aromatic N) is 4. The molecule has 286 valence electrons. The molecule has 1 fully saturated rings. The normalized spacial score (nSPS) is 16.3. The quantitative estimate of drug-likeness (QED) is 0.114. The van der Waals surface area contributed by atoms with E-state index in [4.69, 9.17) is 4.74 Å². The SMILES string of the molecule is CCCCCCCOc1ccc(-c2cnc(-c3ccc(CC(NC(=O)c4ccc(C(C)(C)C)cc4)C(=O)N4CC(N(C)C)CC4C(=O)O)cc3)nc2)cc1. The minimum absolute atomic E-state index is 0.0773. The lowest BCUT2D eigenvalue weighted by Crippen LogP contribution is -2.53. The standard InChI is InChI=1S/C44H55N5O5/c1-7-8-9-10-11-24-54-37-22-18-31(19-23-37)34-27-45-40(46-28-34)32-14-12-30(13-15-32)25-38(42(51)49-29-36(48(5)6)26-39(49)43(52)53)47-41(50)33-16-20-35(21-17-33)44(2,3)4/h12-23,27-28,36,38-39H,7-11,24-26,29H2,1-6H3,(H,47,50)(H,52,53). The Labute approximate surface area is 320 Å². The van der Waals surface area contributed by atoms with Crippen LogP contribution in [0, 0.1) is 0 Å². The zero-order valence-corrected chi connectivity index (χ0v) is 32.5. The van der Waals surface area contributed by atoms with Crippen molar-refractivity contribution in [3.63, 3.8) is 0 Å². The highest BCUT2D eigenvalue weighted by Crippen LogP contribution is 2.26. The average molecular weight is 734 g/mol. The van der Waals surface area contributed by atoms with Gasteiger partial charge in [0.05, 0.1) is 6.61 Å². The molecule has 10 heteroatoms. The lowest BCUT2D eigenvalue weighted by Gasteiger charge is -2.28. The summed E-state index contributed by atoms with van der Waals surface area (Å²) in [5.74, 6) is -0.458. The van der Waals surface area contributed by atoms with Crippen LogP contribution >= 0.6 is 0 Å². The number of carboxylic acids is 1. The minimum atomic E-state index is -1.06. The van der Waals surface area contributed by atoms with Gasteiger partial charge in [0, 0.05) is 48.1 Å². The fourth-order valence-corrected chi connectivity index (χ4v) is 6.72. The Kier molecular flexibility index (Phi) is 13.6. The first-order valence-electron chi connectivity index (χ1n) is 19.1. The Bertz CT molecular complexity index is 1840. The highest BCUT2D eigenvalue weighted by Gasteiger charge is 2.42. The summed E-state index contributed by atoms with van der Waals surface area (Å²) in [5.41, 5.74) is 4.93. The van der Waals surface area contributed by atoms with E-state index in [2.05, 4.69) is 43.0 Å². The number of likely N-dealkylation sites (tertiary alicyclic amines) is 1. The first-order valence-corrected chi connectivity index (χ1v) is 19.1. The Morgan fingerprint density at radius 2 is 1.50 bits per heavy atom. The van der Waals surface area contributed by atoms with Gasteiger partial charge in [-0.25, -0.2) is 14.8 Å². The first-order chi connectivity index (χ1) is 25.8. The molecule has 0 bridgehead atoms. The van der Waals surface area contributed by atoms with Gasteiger partial charge < -0.3 is 25.0 Å². The molecule has 3 unspecified atom stereocenters. The molecule has 2 N–H and O–H groups in total. The van der Waals surface area contributed by atoms with Crippen LogP contribution in [0.4, 0.5) is 0 Å². The second-order valence-electron chi connectivity index (χ2n) is 15.5. The molecular weight excluding hydrogens is 679 g/mol. The van der Waals surface area contributed by atoms with E-state index >= 15 is 0 Å². The third kappa shape index (κ3) is 10.5. The average Bonchev–Trinajstić information content (AvgIpc) is 3.63. The lowest BCUT2D eigenvalue weighted by atomic mass is 9.86. The van der Waals surface area contributed by atoms with Crippen LogP contribution in [-0.2, 0) is 21.4 Å². The van der Waals surface area contributed by atoms with Gasteiger partial charge in [0.1, 0.15) is 17.8 Å². The molecule has 0 radical (unpaired) electrons. The molecule has 1 aliphatic rings. The van der Waals surface area contributed by atoms with Crippen molar-refractivity contribution >= 4 is 17.8 Å². The Morgan fingerprint density at radius 3 is 2.09 bits per heavy atom. The number of aromatic nitrogens is 2. The predicted molar refractivity (Wildman–Crippen MR) is 212 cm³/mol. The Morgan fingerprint density at radius 1 is 0.870 bits per heavy atom. The van der Waals surface area contributed by atoms with Crippen molar-refractivity contribution in [2.45, 2.75) is 96.2 Å². The summed E-state index contributed by atoms with van der Waals surface area (Å²) in [6.07, 6.45) is 10.1. The monoisotopic (exact) mass is 733 g/mol. The van der Waals surface area contributed by atoms with Gasteiger partial charge >= 0.3 is 5.97 Å². The zero-order chi connectivity index (χ0) is 38.8. The van der Waals surface area contributed by atoms with Crippen molar-refractivity contribution in [3.8, 4) is 28.3 Å². The Hall–Kier alpha value is -5.09. The first kappa shape index (κ1) is 40.1. The van der Waals surface area contributed by atoms with E-state index in [0.717, 1.165) is 46.6 Å². The highest BCUT2D eigenvalue weighted by molar-refractivity contribution is 5.98. The molecular formula is C44H55N5O5. The molecule has 4 aromatic rings. The van der Waals surface area contributed by atoms with E-state index in [1.165, 1.54) is 30.6 Å². The second kappa shape index (κ2) is 18.3. The number of aliphatic carboxylic acids is 1. The van der Waals surface area contributed by atoms with E-state index < -0.39 is 29.9 Å². The number of likely N-dealkylation sites (N-methyl/N-ethyl adjacent to an activating group) is 1. The van der Waals surface area contributed by atoms with Gasteiger partial charge in [0.2, 0.25) is 5.91 Å². The smallest absolute Gasteiger partial charge is 0.326 e.